The lowest BCUT2D eigenvalue weighted by Crippen LogP contribution is -2.58. The van der Waals surface area contributed by atoms with Crippen molar-refractivity contribution >= 4 is 5.91 Å². The highest BCUT2D eigenvalue weighted by Gasteiger charge is 2.47. The Morgan fingerprint density at radius 2 is 2.05 bits per heavy atom. The van der Waals surface area contributed by atoms with Crippen LogP contribution in [-0.2, 0) is 17.6 Å². The number of amides is 1. The molecule has 0 bridgehead atoms. The van der Waals surface area contributed by atoms with E-state index >= 15 is 0 Å². The number of likely N-dealkylation sites (tertiary alicyclic amines) is 1. The van der Waals surface area contributed by atoms with E-state index in [0.717, 1.165) is 45.2 Å². The molecule has 1 amide bonds. The van der Waals surface area contributed by atoms with Gasteiger partial charge in [-0.05, 0) is 57.2 Å². The highest BCUT2D eigenvalue weighted by atomic mass is 16.2. The standard InChI is InChI=1S/C17H26N4O/c22-16(17(7-1-2-8-17)21-9-3-4-10-21)19-14-6-5-13-12-18-20-15(13)11-14/h12,14H,1-11H2,(H,18,20)(H,19,22)/t14-/m0/s1. The molecule has 0 unspecified atom stereocenters. The minimum atomic E-state index is -0.204. The van der Waals surface area contributed by atoms with Gasteiger partial charge in [0.15, 0.2) is 0 Å². The Bertz CT molecular complexity index is 541. The maximum absolute atomic E-state index is 13.1. The molecule has 2 aliphatic carbocycles. The molecule has 0 radical (unpaired) electrons. The molecule has 5 nitrogen and oxygen atoms in total. The molecule has 0 aromatic carbocycles. The van der Waals surface area contributed by atoms with Crippen molar-refractivity contribution in [2.24, 2.45) is 0 Å². The second kappa shape index (κ2) is 5.69. The summed E-state index contributed by atoms with van der Waals surface area (Å²) in [7, 11) is 0. The number of hydrogen-bond donors (Lipinski definition) is 2. The van der Waals surface area contributed by atoms with Crippen LogP contribution in [0.15, 0.2) is 6.20 Å². The first-order valence-corrected chi connectivity index (χ1v) is 8.85. The smallest absolute Gasteiger partial charge is 0.240 e. The summed E-state index contributed by atoms with van der Waals surface area (Å²) < 4.78 is 0. The second-order valence-electron chi connectivity index (χ2n) is 7.22. The largest absolute Gasteiger partial charge is 0.351 e. The molecule has 2 N–H and O–H groups in total. The van der Waals surface area contributed by atoms with Crippen molar-refractivity contribution in [1.82, 2.24) is 20.4 Å². The van der Waals surface area contributed by atoms with Crippen molar-refractivity contribution in [3.8, 4) is 0 Å². The van der Waals surface area contributed by atoms with Crippen LogP contribution in [-0.4, -0.2) is 45.7 Å². The lowest BCUT2D eigenvalue weighted by Gasteiger charge is -2.38. The monoisotopic (exact) mass is 302 g/mol. The third-order valence-corrected chi connectivity index (χ3v) is 5.92. The van der Waals surface area contributed by atoms with Crippen molar-refractivity contribution in [3.63, 3.8) is 0 Å². The number of rotatable bonds is 3. The van der Waals surface area contributed by atoms with E-state index in [9.17, 15) is 4.79 Å². The molecular formula is C17H26N4O. The van der Waals surface area contributed by atoms with Gasteiger partial charge in [0, 0.05) is 18.2 Å². The van der Waals surface area contributed by atoms with Crippen LogP contribution in [0, 0.1) is 0 Å². The zero-order valence-corrected chi connectivity index (χ0v) is 13.2. The number of nitrogens with zero attached hydrogens (tertiary/aromatic N) is 2. The highest BCUT2D eigenvalue weighted by Crippen LogP contribution is 2.38. The van der Waals surface area contributed by atoms with Gasteiger partial charge in [-0.1, -0.05) is 12.8 Å². The van der Waals surface area contributed by atoms with Crippen LogP contribution in [0.3, 0.4) is 0 Å². The quantitative estimate of drug-likeness (QED) is 0.895. The number of nitrogens with one attached hydrogen (secondary N) is 2. The molecule has 1 atom stereocenters. The Hall–Kier alpha value is -1.36. The van der Waals surface area contributed by atoms with Crippen molar-refractivity contribution in [2.75, 3.05) is 13.1 Å². The first-order chi connectivity index (χ1) is 10.8. The predicted octanol–water partition coefficient (Wildman–Crippen LogP) is 1.79. The van der Waals surface area contributed by atoms with E-state index < -0.39 is 0 Å². The average Bonchev–Trinajstić information content (AvgIpc) is 3.27. The van der Waals surface area contributed by atoms with Gasteiger partial charge in [-0.3, -0.25) is 14.8 Å². The van der Waals surface area contributed by atoms with Gasteiger partial charge < -0.3 is 5.32 Å². The average molecular weight is 302 g/mol. The minimum absolute atomic E-state index is 0.204. The normalized spacial score (nSPS) is 27.7. The maximum Gasteiger partial charge on any atom is 0.240 e. The molecule has 1 saturated carbocycles. The molecule has 1 aliphatic heterocycles. The SMILES string of the molecule is O=C(N[C@H]1CCc2cn[nH]c2C1)C1(N2CCCC2)CCCC1. The van der Waals surface area contributed by atoms with Crippen LogP contribution in [0.4, 0.5) is 0 Å². The summed E-state index contributed by atoms with van der Waals surface area (Å²) in [6, 6.07) is 0.264. The van der Waals surface area contributed by atoms with Crippen LogP contribution in [0.2, 0.25) is 0 Å². The Labute approximate surface area is 131 Å². The van der Waals surface area contributed by atoms with Crippen molar-refractivity contribution in [2.45, 2.75) is 69.4 Å². The molecular weight excluding hydrogens is 276 g/mol. The van der Waals surface area contributed by atoms with Crippen LogP contribution >= 0.6 is 0 Å². The molecule has 0 spiro atoms. The Morgan fingerprint density at radius 1 is 1.27 bits per heavy atom. The number of fused-ring (bicyclic) bond motifs is 1. The van der Waals surface area contributed by atoms with Crippen LogP contribution in [0.25, 0.3) is 0 Å². The van der Waals surface area contributed by atoms with Gasteiger partial charge in [0.1, 0.15) is 5.54 Å². The summed E-state index contributed by atoms with van der Waals surface area (Å²) >= 11 is 0. The molecule has 5 heteroatoms. The third kappa shape index (κ3) is 2.35. The second-order valence-corrected chi connectivity index (χ2v) is 7.22. The minimum Gasteiger partial charge on any atom is -0.351 e. The summed E-state index contributed by atoms with van der Waals surface area (Å²) in [5.41, 5.74) is 2.32. The Kier molecular flexibility index (Phi) is 3.68. The maximum atomic E-state index is 13.1. The zero-order valence-electron chi connectivity index (χ0n) is 13.2. The van der Waals surface area contributed by atoms with Crippen LogP contribution in [0.5, 0.6) is 0 Å². The van der Waals surface area contributed by atoms with E-state index in [4.69, 9.17) is 0 Å². The fourth-order valence-electron chi connectivity index (χ4n) is 4.64. The molecule has 22 heavy (non-hydrogen) atoms. The third-order valence-electron chi connectivity index (χ3n) is 5.92. The number of aromatic nitrogens is 2. The van der Waals surface area contributed by atoms with E-state index in [1.165, 1.54) is 36.9 Å². The lowest BCUT2D eigenvalue weighted by atomic mass is 9.90. The predicted molar refractivity (Wildman–Crippen MR) is 84.5 cm³/mol. The van der Waals surface area contributed by atoms with Gasteiger partial charge in [0.2, 0.25) is 5.91 Å². The molecule has 1 aromatic heterocycles. The molecule has 2 heterocycles. The topological polar surface area (TPSA) is 61.0 Å². The Morgan fingerprint density at radius 3 is 2.82 bits per heavy atom. The molecule has 2 fully saturated rings. The van der Waals surface area contributed by atoms with Gasteiger partial charge in [-0.15, -0.1) is 0 Å². The number of aromatic amines is 1. The van der Waals surface area contributed by atoms with Gasteiger partial charge in [0.25, 0.3) is 0 Å². The van der Waals surface area contributed by atoms with Gasteiger partial charge in [-0.2, -0.15) is 5.10 Å². The van der Waals surface area contributed by atoms with Crippen LogP contribution in [0.1, 0.15) is 56.2 Å². The van der Waals surface area contributed by atoms with Gasteiger partial charge >= 0.3 is 0 Å². The molecule has 1 aromatic rings. The highest BCUT2D eigenvalue weighted by molar-refractivity contribution is 5.87. The van der Waals surface area contributed by atoms with Gasteiger partial charge in [-0.25, -0.2) is 0 Å². The Balaban J connectivity index is 1.46. The molecule has 120 valence electrons. The van der Waals surface area contributed by atoms with E-state index in [1.807, 2.05) is 6.20 Å². The number of hydrogen-bond acceptors (Lipinski definition) is 3. The van der Waals surface area contributed by atoms with E-state index in [1.54, 1.807) is 0 Å². The van der Waals surface area contributed by atoms with Gasteiger partial charge in [0.05, 0.1) is 6.20 Å². The first kappa shape index (κ1) is 14.2. The summed E-state index contributed by atoms with van der Waals surface area (Å²) in [6.45, 7) is 2.20. The number of aryl methyl sites for hydroxylation is 1. The molecule has 3 aliphatic rings. The van der Waals surface area contributed by atoms with E-state index in [-0.39, 0.29) is 11.6 Å². The summed E-state index contributed by atoms with van der Waals surface area (Å²) in [6.07, 6.45) is 11.8. The first-order valence-electron chi connectivity index (χ1n) is 8.85. The summed E-state index contributed by atoms with van der Waals surface area (Å²) in [5.74, 6) is 0.292. The van der Waals surface area contributed by atoms with Crippen molar-refractivity contribution in [3.05, 3.63) is 17.5 Å². The van der Waals surface area contributed by atoms with Crippen molar-refractivity contribution in [1.29, 1.82) is 0 Å². The molecule has 4 rings (SSSR count). The summed E-state index contributed by atoms with van der Waals surface area (Å²) in [4.78, 5) is 15.6. The molecule has 1 saturated heterocycles. The van der Waals surface area contributed by atoms with E-state index in [0.29, 0.717) is 5.91 Å². The van der Waals surface area contributed by atoms with E-state index in [2.05, 4.69) is 20.4 Å². The number of carbonyl (C=O) groups excluding carboxylic acids is 1. The van der Waals surface area contributed by atoms with Crippen molar-refractivity contribution < 1.29 is 4.79 Å². The number of H-pyrrole nitrogens is 1. The zero-order chi connectivity index (χ0) is 15.0. The summed E-state index contributed by atoms with van der Waals surface area (Å²) in [5, 5.41) is 10.6. The lowest BCUT2D eigenvalue weighted by molar-refractivity contribution is -0.133. The fourth-order valence-corrected chi connectivity index (χ4v) is 4.64. The van der Waals surface area contributed by atoms with Crippen LogP contribution < -0.4 is 5.32 Å². The fraction of sp³-hybridized carbons (Fsp3) is 0.765. The number of carbonyl (C=O) groups is 1.